The zero-order valence-electron chi connectivity index (χ0n) is 21.0. The third-order valence-corrected chi connectivity index (χ3v) is 10.9. The molecule has 0 radical (unpaired) electrons. The smallest absolute Gasteiger partial charge is 0.171 e. The molecular weight excluding hydrogens is 495 g/mol. The Kier molecular flexibility index (Phi) is 4.79. The van der Waals surface area contributed by atoms with E-state index in [0.29, 0.717) is 0 Å². The number of para-hydroxylation sites is 3. The number of hydrogen-bond acceptors (Lipinski definition) is 2. The fourth-order valence-corrected chi connectivity index (χ4v) is 8.99. The van der Waals surface area contributed by atoms with Crippen molar-refractivity contribution in [1.82, 2.24) is 9.38 Å². The summed E-state index contributed by atoms with van der Waals surface area (Å²) in [7, 11) is -3.22. The van der Waals surface area contributed by atoms with Crippen LogP contribution in [0.25, 0.3) is 49.1 Å². The maximum Gasteiger partial charge on any atom is 0.171 e. The number of pyridine rings is 1. The van der Waals surface area contributed by atoms with Gasteiger partial charge in [-0.3, -0.25) is 4.40 Å². The van der Waals surface area contributed by atoms with E-state index in [2.05, 4.69) is 71.1 Å². The Labute approximate surface area is 225 Å². The second kappa shape index (κ2) is 8.39. The van der Waals surface area contributed by atoms with Gasteiger partial charge in [0.1, 0.15) is 5.65 Å². The number of rotatable bonds is 3. The zero-order valence-corrected chi connectivity index (χ0v) is 21.9. The second-order valence-electron chi connectivity index (χ2n) is 9.92. The van der Waals surface area contributed by atoms with Crippen molar-refractivity contribution < 1.29 is 4.57 Å². The normalized spacial score (nSPS) is 12.2. The Hall–Kier alpha value is -4.72. The minimum Gasteiger partial charge on any atom is -0.309 e. The first kappa shape index (κ1) is 22.3. The molecule has 0 bridgehead atoms. The van der Waals surface area contributed by atoms with Gasteiger partial charge in [-0.05, 0) is 40.4 Å². The van der Waals surface area contributed by atoms with Gasteiger partial charge < -0.3 is 4.57 Å². The molecule has 184 valence electrons. The monoisotopic (exact) mass is 518 g/mol. The molecule has 0 N–H and O–H groups in total. The van der Waals surface area contributed by atoms with E-state index in [4.69, 9.17) is 4.98 Å². The molecule has 8 aromatic rings. The summed E-state index contributed by atoms with van der Waals surface area (Å²) >= 11 is 0. The molecule has 0 aliphatic heterocycles. The van der Waals surface area contributed by atoms with E-state index in [1.54, 1.807) is 0 Å². The van der Waals surface area contributed by atoms with Gasteiger partial charge in [0.2, 0.25) is 0 Å². The van der Waals surface area contributed by atoms with Gasteiger partial charge in [0.25, 0.3) is 0 Å². The van der Waals surface area contributed by atoms with E-state index in [9.17, 15) is 0 Å². The van der Waals surface area contributed by atoms with Crippen LogP contribution in [0.2, 0.25) is 0 Å². The van der Waals surface area contributed by atoms with Crippen LogP contribution in [0.3, 0.4) is 0 Å². The minimum absolute atomic E-state index is 0.831. The van der Waals surface area contributed by atoms with Crippen LogP contribution in [0.1, 0.15) is 0 Å². The van der Waals surface area contributed by atoms with Crippen molar-refractivity contribution in [2.24, 2.45) is 0 Å². The molecule has 6 aromatic carbocycles. The largest absolute Gasteiger partial charge is 0.309 e. The van der Waals surface area contributed by atoms with E-state index in [1.165, 1.54) is 0 Å². The summed E-state index contributed by atoms with van der Waals surface area (Å²) in [4.78, 5) is 5.15. The molecule has 0 unspecified atom stereocenters. The van der Waals surface area contributed by atoms with Gasteiger partial charge in [-0.15, -0.1) is 0 Å². The summed E-state index contributed by atoms with van der Waals surface area (Å²) in [5, 5.41) is 7.83. The number of imidazole rings is 1. The van der Waals surface area contributed by atoms with Crippen LogP contribution in [0.15, 0.2) is 140 Å². The first-order chi connectivity index (χ1) is 19.2. The third-order valence-electron chi connectivity index (χ3n) is 7.82. The van der Waals surface area contributed by atoms with Crippen LogP contribution in [-0.2, 0) is 4.57 Å². The molecule has 0 saturated carbocycles. The average molecular weight is 519 g/mol. The van der Waals surface area contributed by atoms with Gasteiger partial charge in [0, 0.05) is 26.7 Å². The van der Waals surface area contributed by atoms with Gasteiger partial charge in [0.05, 0.1) is 16.6 Å². The molecule has 0 aliphatic carbocycles. The molecule has 2 aromatic heterocycles. The highest BCUT2D eigenvalue weighted by molar-refractivity contribution is 7.85. The van der Waals surface area contributed by atoms with Gasteiger partial charge in [-0.1, -0.05) is 115 Å². The van der Waals surface area contributed by atoms with E-state index in [0.717, 1.165) is 65.0 Å². The van der Waals surface area contributed by atoms with Gasteiger partial charge in [0.15, 0.2) is 7.14 Å². The Balaban J connectivity index is 1.64. The van der Waals surface area contributed by atoms with Crippen molar-refractivity contribution in [2.45, 2.75) is 0 Å². The van der Waals surface area contributed by atoms with E-state index in [1.807, 2.05) is 72.8 Å². The predicted molar refractivity (Wildman–Crippen MR) is 165 cm³/mol. The molecule has 0 amide bonds. The number of nitrogens with zero attached hydrogens (tertiary/aromatic N) is 2. The number of aromatic nitrogens is 2. The second-order valence-corrected chi connectivity index (χ2v) is 12.7. The van der Waals surface area contributed by atoms with Gasteiger partial charge >= 0.3 is 0 Å². The standard InChI is InChI=1S/C35H23N2OP/c38-39(24-13-3-1-4-14-24,25-15-5-2-6-16-25)33-23-29-26-17-9-11-21-31(26)37-32-22-12-10-20-30(32)36-35(37)34(29)28-19-8-7-18-27(28)33/h1-23H. The Morgan fingerprint density at radius 3 is 1.74 bits per heavy atom. The van der Waals surface area contributed by atoms with Crippen LogP contribution in [0.5, 0.6) is 0 Å². The van der Waals surface area contributed by atoms with Crippen molar-refractivity contribution in [1.29, 1.82) is 0 Å². The molecule has 3 nitrogen and oxygen atoms in total. The molecule has 39 heavy (non-hydrogen) atoms. The lowest BCUT2D eigenvalue weighted by Crippen LogP contribution is -2.25. The van der Waals surface area contributed by atoms with E-state index in [-0.39, 0.29) is 0 Å². The summed E-state index contributed by atoms with van der Waals surface area (Å²) in [6, 6.07) is 47.1. The summed E-state index contributed by atoms with van der Waals surface area (Å²) in [6.45, 7) is 0. The molecule has 0 fully saturated rings. The Morgan fingerprint density at radius 1 is 0.513 bits per heavy atom. The highest BCUT2D eigenvalue weighted by Crippen LogP contribution is 2.47. The van der Waals surface area contributed by atoms with Crippen molar-refractivity contribution in [3.8, 4) is 0 Å². The molecule has 0 aliphatic rings. The topological polar surface area (TPSA) is 34.4 Å². The van der Waals surface area contributed by atoms with Gasteiger partial charge in [-0.2, -0.15) is 0 Å². The molecule has 2 heterocycles. The minimum atomic E-state index is -3.22. The predicted octanol–water partition coefficient (Wildman–Crippen LogP) is 7.59. The van der Waals surface area contributed by atoms with Crippen molar-refractivity contribution in [2.75, 3.05) is 0 Å². The van der Waals surface area contributed by atoms with E-state index < -0.39 is 7.14 Å². The average Bonchev–Trinajstić information content (AvgIpc) is 3.41. The van der Waals surface area contributed by atoms with Crippen molar-refractivity contribution >= 4 is 72.2 Å². The van der Waals surface area contributed by atoms with E-state index >= 15 is 4.57 Å². The van der Waals surface area contributed by atoms with Crippen molar-refractivity contribution in [3.05, 3.63) is 140 Å². The van der Waals surface area contributed by atoms with Crippen LogP contribution in [-0.4, -0.2) is 9.38 Å². The summed E-state index contributed by atoms with van der Waals surface area (Å²) in [5.41, 5.74) is 4.05. The van der Waals surface area contributed by atoms with Crippen LogP contribution in [0.4, 0.5) is 0 Å². The molecule has 8 rings (SSSR count). The number of hydrogen-bond donors (Lipinski definition) is 0. The van der Waals surface area contributed by atoms with Crippen molar-refractivity contribution in [3.63, 3.8) is 0 Å². The molecular formula is C35H23N2OP. The highest BCUT2D eigenvalue weighted by Gasteiger charge is 2.32. The lowest BCUT2D eigenvalue weighted by atomic mass is 9.99. The Bertz CT molecular complexity index is 2210. The quantitative estimate of drug-likeness (QED) is 0.178. The zero-order chi connectivity index (χ0) is 26.0. The van der Waals surface area contributed by atoms with Crippen LogP contribution >= 0.6 is 7.14 Å². The summed E-state index contributed by atoms with van der Waals surface area (Å²) < 4.78 is 17.9. The highest BCUT2D eigenvalue weighted by atomic mass is 31.2. The fraction of sp³-hybridized carbons (Fsp3) is 0. The van der Waals surface area contributed by atoms with Gasteiger partial charge in [-0.25, -0.2) is 4.98 Å². The molecule has 4 heteroatoms. The fourth-order valence-electron chi connectivity index (χ4n) is 6.11. The lowest BCUT2D eigenvalue weighted by molar-refractivity contribution is 0.592. The first-order valence-corrected chi connectivity index (χ1v) is 14.8. The summed E-state index contributed by atoms with van der Waals surface area (Å²) in [6.07, 6.45) is 0. The SMILES string of the molecule is O=P(c1ccccc1)(c1ccccc1)c1cc2c3ccccc3n3c4ccccc4nc3c2c2ccccc12. The number of benzene rings is 6. The molecule has 0 atom stereocenters. The lowest BCUT2D eigenvalue weighted by Gasteiger charge is -2.23. The Morgan fingerprint density at radius 2 is 1.05 bits per heavy atom. The maximum absolute atomic E-state index is 15.6. The summed E-state index contributed by atoms with van der Waals surface area (Å²) in [5.74, 6) is 0. The van der Waals surface area contributed by atoms with Crippen LogP contribution < -0.4 is 15.9 Å². The first-order valence-electron chi connectivity index (χ1n) is 13.1. The maximum atomic E-state index is 15.6. The van der Waals surface area contributed by atoms with Crippen LogP contribution in [0, 0.1) is 0 Å². The number of fused-ring (bicyclic) bond motifs is 10. The molecule has 0 spiro atoms. The third kappa shape index (κ3) is 3.11. The molecule has 0 saturated heterocycles.